The van der Waals surface area contributed by atoms with Gasteiger partial charge in [0.1, 0.15) is 11.7 Å². The monoisotopic (exact) mass is 759 g/mol. The maximum absolute atomic E-state index is 6.32. The summed E-state index contributed by atoms with van der Waals surface area (Å²) >= 11 is 0. The molecule has 0 bridgehead atoms. The van der Waals surface area contributed by atoms with E-state index < -0.39 is 0 Å². The van der Waals surface area contributed by atoms with Crippen LogP contribution in [0.5, 0.6) is 11.6 Å². The Bertz CT molecular complexity index is 1980. The van der Waals surface area contributed by atoms with Gasteiger partial charge in [-0.25, -0.2) is 4.98 Å². The molecule has 3 aromatic carbocycles. The minimum absolute atomic E-state index is 0. The summed E-state index contributed by atoms with van der Waals surface area (Å²) < 4.78 is 8.49. The molecule has 6 aromatic rings. The molecule has 226 valence electrons. The molecule has 0 aliphatic carbocycles. The second-order valence-electron chi connectivity index (χ2n) is 13.0. The summed E-state index contributed by atoms with van der Waals surface area (Å²) in [7, 11) is 0. The molecule has 7 heteroatoms. The number of aromatic nitrogens is 3. The van der Waals surface area contributed by atoms with E-state index in [4.69, 9.17) is 9.72 Å². The molecule has 4 heterocycles. The molecule has 1 aliphatic rings. The molecule has 0 fully saturated rings. The molecule has 0 saturated heterocycles. The van der Waals surface area contributed by atoms with Crippen molar-refractivity contribution in [2.75, 3.05) is 9.80 Å². The standard InChI is InChI=1S/C37H34N5O.Pt/c1-36(2,3)25-17-19-38-34(21-25)42-30-12-8-7-11-28(30)29-16-15-27(23-33(29)42)43-35-22-26(18-20-39-35)40-24-41(37(4,5)6)32-14-10-9-13-31(32)40;/h7-21,24H,1-6H3;/q-3;. The van der Waals surface area contributed by atoms with Gasteiger partial charge < -0.3 is 19.1 Å². The molecule has 44 heavy (non-hydrogen) atoms. The van der Waals surface area contributed by atoms with E-state index in [-0.39, 0.29) is 32.0 Å². The average molecular weight is 760 g/mol. The summed E-state index contributed by atoms with van der Waals surface area (Å²) in [6.45, 7) is 15.4. The van der Waals surface area contributed by atoms with Crippen molar-refractivity contribution in [2.45, 2.75) is 52.5 Å². The van der Waals surface area contributed by atoms with Gasteiger partial charge in [0.25, 0.3) is 0 Å². The van der Waals surface area contributed by atoms with Gasteiger partial charge >= 0.3 is 0 Å². The fourth-order valence-corrected chi connectivity index (χ4v) is 5.67. The number of fused-ring (bicyclic) bond motifs is 4. The van der Waals surface area contributed by atoms with E-state index >= 15 is 0 Å². The van der Waals surface area contributed by atoms with Crippen molar-refractivity contribution < 1.29 is 25.8 Å². The molecule has 0 amide bonds. The van der Waals surface area contributed by atoms with Crippen LogP contribution in [0.3, 0.4) is 0 Å². The van der Waals surface area contributed by atoms with Crippen LogP contribution in [0.15, 0.2) is 91.3 Å². The summed E-state index contributed by atoms with van der Waals surface area (Å²) in [6.07, 6.45) is 3.64. The van der Waals surface area contributed by atoms with Gasteiger partial charge in [0.2, 0.25) is 0 Å². The predicted octanol–water partition coefficient (Wildman–Crippen LogP) is 9.14. The Hall–Kier alpha value is -4.15. The Kier molecular flexibility index (Phi) is 7.53. The summed E-state index contributed by atoms with van der Waals surface area (Å²) in [5, 5.41) is 2.23. The zero-order valence-electron chi connectivity index (χ0n) is 25.7. The molecule has 0 N–H and O–H groups in total. The predicted molar refractivity (Wildman–Crippen MR) is 174 cm³/mol. The number of hydrogen-bond donors (Lipinski definition) is 0. The largest absolute Gasteiger partial charge is 0.503 e. The fourth-order valence-electron chi connectivity index (χ4n) is 5.67. The molecule has 7 rings (SSSR count). The molecule has 0 radical (unpaired) electrons. The zero-order chi connectivity index (χ0) is 29.9. The van der Waals surface area contributed by atoms with Gasteiger partial charge in [-0.1, -0.05) is 56.6 Å². The Morgan fingerprint density at radius 1 is 0.750 bits per heavy atom. The number of para-hydroxylation sites is 3. The first-order valence-electron chi connectivity index (χ1n) is 14.6. The molecule has 0 spiro atoms. The molecule has 1 aliphatic heterocycles. The van der Waals surface area contributed by atoms with Crippen LogP contribution in [0.25, 0.3) is 27.6 Å². The number of pyridine rings is 2. The normalized spacial score (nSPS) is 13.3. The van der Waals surface area contributed by atoms with E-state index in [0.29, 0.717) is 11.6 Å². The third-order valence-corrected chi connectivity index (χ3v) is 7.88. The Morgan fingerprint density at radius 2 is 1.48 bits per heavy atom. The van der Waals surface area contributed by atoms with Gasteiger partial charge in [0.05, 0.1) is 0 Å². The number of rotatable bonds is 4. The van der Waals surface area contributed by atoms with Gasteiger partial charge in [0, 0.05) is 55.4 Å². The Labute approximate surface area is 273 Å². The summed E-state index contributed by atoms with van der Waals surface area (Å²) in [5.41, 5.74) is 6.20. The van der Waals surface area contributed by atoms with Crippen molar-refractivity contribution in [1.29, 1.82) is 0 Å². The maximum Gasteiger partial charge on any atom is 0.135 e. The van der Waals surface area contributed by atoms with Crippen molar-refractivity contribution in [3.63, 3.8) is 0 Å². The number of benzene rings is 3. The van der Waals surface area contributed by atoms with E-state index in [1.54, 1.807) is 6.20 Å². The van der Waals surface area contributed by atoms with Gasteiger partial charge in [-0.2, -0.15) is 30.6 Å². The molecular weight excluding hydrogens is 726 g/mol. The van der Waals surface area contributed by atoms with Gasteiger partial charge in [-0.3, -0.25) is 4.98 Å². The minimum Gasteiger partial charge on any atom is -0.503 e. The quantitative estimate of drug-likeness (QED) is 0.168. The smallest absolute Gasteiger partial charge is 0.135 e. The van der Waals surface area contributed by atoms with Crippen LogP contribution in [0.1, 0.15) is 47.1 Å². The van der Waals surface area contributed by atoms with E-state index in [9.17, 15) is 0 Å². The van der Waals surface area contributed by atoms with E-state index in [1.807, 2.05) is 18.3 Å². The van der Waals surface area contributed by atoms with Crippen LogP contribution in [0.4, 0.5) is 17.1 Å². The van der Waals surface area contributed by atoms with E-state index in [0.717, 1.165) is 44.7 Å². The molecule has 0 unspecified atom stereocenters. The molecule has 6 nitrogen and oxygen atoms in total. The van der Waals surface area contributed by atoms with Crippen molar-refractivity contribution in [1.82, 2.24) is 14.5 Å². The van der Waals surface area contributed by atoms with Crippen LogP contribution in [-0.4, -0.2) is 20.1 Å². The number of hydrogen-bond acceptors (Lipinski definition) is 5. The first-order valence-corrected chi connectivity index (χ1v) is 14.6. The molecular formula is C37H34N5OPt-3. The van der Waals surface area contributed by atoms with Crippen LogP contribution < -0.4 is 14.5 Å². The first-order chi connectivity index (χ1) is 20.6. The van der Waals surface area contributed by atoms with Crippen LogP contribution in [-0.2, 0) is 26.5 Å². The first kappa shape index (κ1) is 29.9. The van der Waals surface area contributed by atoms with Gasteiger partial charge in [0.15, 0.2) is 0 Å². The SMILES string of the molecule is CC(C)(C)c1ccnc(-n2c3[c-]c(Oc4[c-]c(N5[CH-]N(C(C)(C)C)c6ccccc65)ccn4)ccc3c3ccccc32)c1.[Pt]. The topological polar surface area (TPSA) is 46.4 Å². The second-order valence-corrected chi connectivity index (χ2v) is 13.0. The van der Waals surface area contributed by atoms with Crippen LogP contribution >= 0.6 is 0 Å². The van der Waals surface area contributed by atoms with Crippen LogP contribution in [0.2, 0.25) is 0 Å². The Morgan fingerprint density at radius 3 is 2.25 bits per heavy atom. The fraction of sp³-hybridized carbons (Fsp3) is 0.216. The number of ether oxygens (including phenoxy) is 1. The third-order valence-electron chi connectivity index (χ3n) is 7.88. The average Bonchev–Trinajstić information content (AvgIpc) is 3.53. The summed E-state index contributed by atoms with van der Waals surface area (Å²) in [5.74, 6) is 1.79. The van der Waals surface area contributed by atoms with Crippen molar-refractivity contribution in [3.8, 4) is 17.4 Å². The Balaban J connectivity index is 0.00000343. The molecule has 3 aromatic heterocycles. The summed E-state index contributed by atoms with van der Waals surface area (Å²) in [6, 6.07) is 33.9. The number of anilines is 3. The van der Waals surface area contributed by atoms with Gasteiger partial charge in [-0.05, 0) is 73.7 Å². The summed E-state index contributed by atoms with van der Waals surface area (Å²) in [4.78, 5) is 13.7. The van der Waals surface area contributed by atoms with Crippen LogP contribution in [0, 0.1) is 18.8 Å². The maximum atomic E-state index is 6.32. The van der Waals surface area contributed by atoms with Gasteiger partial charge in [-0.15, -0.1) is 17.5 Å². The third kappa shape index (κ3) is 5.26. The molecule has 0 saturated carbocycles. The second kappa shape index (κ2) is 11.1. The van der Waals surface area contributed by atoms with E-state index in [1.165, 1.54) is 5.56 Å². The molecule has 0 atom stereocenters. The van der Waals surface area contributed by atoms with Crippen molar-refractivity contribution in [3.05, 3.63) is 116 Å². The van der Waals surface area contributed by atoms with E-state index in [2.05, 4.69) is 146 Å². The minimum atomic E-state index is -0.0820. The number of nitrogens with zero attached hydrogens (tertiary/aromatic N) is 5. The van der Waals surface area contributed by atoms with Crippen molar-refractivity contribution >= 4 is 38.9 Å². The van der Waals surface area contributed by atoms with Crippen molar-refractivity contribution in [2.24, 2.45) is 0 Å². The zero-order valence-corrected chi connectivity index (χ0v) is 28.0.